The van der Waals surface area contributed by atoms with Crippen molar-refractivity contribution in [2.45, 2.75) is 50.6 Å². The molecule has 8 heteroatoms. The fourth-order valence-electron chi connectivity index (χ4n) is 5.75. The number of aliphatic hydroxyl groups is 1. The van der Waals surface area contributed by atoms with Gasteiger partial charge in [-0.05, 0) is 54.9 Å². The summed E-state index contributed by atoms with van der Waals surface area (Å²) < 4.78 is 5.86. The van der Waals surface area contributed by atoms with E-state index < -0.39 is 23.9 Å². The molecule has 0 aliphatic rings. The number of aliphatic hydroxyl groups excluding tert-OH is 1. The maximum Gasteiger partial charge on any atom is 0.309 e. The van der Waals surface area contributed by atoms with E-state index >= 15 is 0 Å². The molecule has 2 amide bonds. The minimum atomic E-state index is -0.698. The van der Waals surface area contributed by atoms with Gasteiger partial charge in [-0.3, -0.25) is 14.4 Å². The van der Waals surface area contributed by atoms with Gasteiger partial charge in [-0.25, -0.2) is 0 Å². The number of nitrogens with one attached hydrogen (secondary N) is 3. The molecule has 3 aromatic carbocycles. The third kappa shape index (κ3) is 10.8. The van der Waals surface area contributed by atoms with Crippen molar-refractivity contribution >= 4 is 28.7 Å². The molecule has 4 atom stereocenters. The van der Waals surface area contributed by atoms with Gasteiger partial charge in [-0.15, -0.1) is 13.2 Å². The van der Waals surface area contributed by atoms with Crippen molar-refractivity contribution < 1.29 is 24.2 Å². The molecule has 0 saturated heterocycles. The summed E-state index contributed by atoms with van der Waals surface area (Å²) in [6.07, 6.45) is 7.28. The minimum Gasteiger partial charge on any atom is -0.463 e. The summed E-state index contributed by atoms with van der Waals surface area (Å²) in [4.78, 5) is 43.3. The molecular formula is C39H45N3O5. The van der Waals surface area contributed by atoms with Gasteiger partial charge in [-0.2, -0.15) is 0 Å². The predicted molar refractivity (Wildman–Crippen MR) is 185 cm³/mol. The number of benzene rings is 3. The molecule has 47 heavy (non-hydrogen) atoms. The number of ether oxygens (including phenoxy) is 1. The number of aromatic amines is 1. The van der Waals surface area contributed by atoms with E-state index in [1.807, 2.05) is 91.1 Å². The summed E-state index contributed by atoms with van der Waals surface area (Å²) in [5.41, 5.74) is 3.95. The molecule has 0 aliphatic carbocycles. The van der Waals surface area contributed by atoms with E-state index in [9.17, 15) is 19.5 Å². The summed E-state index contributed by atoms with van der Waals surface area (Å²) in [5.74, 6) is -2.14. The van der Waals surface area contributed by atoms with Gasteiger partial charge in [-0.1, -0.05) is 91.0 Å². The zero-order chi connectivity index (χ0) is 33.4. The van der Waals surface area contributed by atoms with Crippen LogP contribution in [0.5, 0.6) is 0 Å². The number of carbonyl (C=O) groups excluding carboxylic acids is 3. The van der Waals surface area contributed by atoms with Crippen LogP contribution in [0.3, 0.4) is 0 Å². The number of carbonyl (C=O) groups is 3. The van der Waals surface area contributed by atoms with E-state index in [0.29, 0.717) is 25.7 Å². The maximum absolute atomic E-state index is 13.7. The van der Waals surface area contributed by atoms with E-state index in [1.54, 1.807) is 12.2 Å². The molecule has 0 saturated carbocycles. The molecule has 8 nitrogen and oxygen atoms in total. The third-order valence-electron chi connectivity index (χ3n) is 8.19. The maximum atomic E-state index is 13.7. The zero-order valence-electron chi connectivity index (χ0n) is 26.8. The first-order valence-corrected chi connectivity index (χ1v) is 16.1. The molecule has 1 aromatic heterocycles. The zero-order valence-corrected chi connectivity index (χ0v) is 26.8. The first-order chi connectivity index (χ1) is 22.9. The van der Waals surface area contributed by atoms with E-state index in [2.05, 4.69) is 28.8 Å². The lowest BCUT2D eigenvalue weighted by molar-refractivity contribution is -0.149. The Hall–Kier alpha value is -4.95. The second kappa shape index (κ2) is 18.3. The number of para-hydroxylation sites is 1. The Morgan fingerprint density at radius 3 is 2.04 bits per heavy atom. The number of rotatable bonds is 19. The lowest BCUT2D eigenvalue weighted by Crippen LogP contribution is -2.45. The number of hydrogen-bond donors (Lipinski definition) is 4. The van der Waals surface area contributed by atoms with Crippen molar-refractivity contribution in [2.24, 2.45) is 11.8 Å². The molecule has 0 spiro atoms. The molecule has 246 valence electrons. The van der Waals surface area contributed by atoms with Crippen LogP contribution in [0.15, 0.2) is 116 Å². The van der Waals surface area contributed by atoms with Gasteiger partial charge >= 0.3 is 5.97 Å². The molecule has 0 aliphatic heterocycles. The summed E-state index contributed by atoms with van der Waals surface area (Å²) in [6, 6.07) is 26.2. The highest BCUT2D eigenvalue weighted by Gasteiger charge is 2.27. The van der Waals surface area contributed by atoms with Gasteiger partial charge in [0.1, 0.15) is 6.61 Å². The van der Waals surface area contributed by atoms with Gasteiger partial charge in [0, 0.05) is 23.5 Å². The highest BCUT2D eigenvalue weighted by Crippen LogP contribution is 2.21. The number of allylic oxidation sites excluding steroid dienone is 2. The van der Waals surface area contributed by atoms with E-state index in [-0.39, 0.29) is 43.8 Å². The van der Waals surface area contributed by atoms with Crippen molar-refractivity contribution in [3.05, 3.63) is 133 Å². The number of amides is 2. The first kappa shape index (κ1) is 34.9. The number of aromatic nitrogens is 1. The molecule has 0 radical (unpaired) electrons. The number of H-pyrrole nitrogens is 1. The Kier molecular flexibility index (Phi) is 13.6. The van der Waals surface area contributed by atoms with Crippen molar-refractivity contribution in [2.75, 3.05) is 13.2 Å². The smallest absolute Gasteiger partial charge is 0.309 e. The highest BCUT2D eigenvalue weighted by molar-refractivity contribution is 5.87. The fourth-order valence-corrected chi connectivity index (χ4v) is 5.75. The van der Waals surface area contributed by atoms with Crippen LogP contribution in [0.2, 0.25) is 0 Å². The summed E-state index contributed by atoms with van der Waals surface area (Å²) in [5, 5.41) is 16.8. The second-order valence-electron chi connectivity index (χ2n) is 11.9. The number of fused-ring (bicyclic) bond motifs is 1. The van der Waals surface area contributed by atoms with Gasteiger partial charge < -0.3 is 25.5 Å². The average Bonchev–Trinajstić information content (AvgIpc) is 3.49. The standard InChI is InChI=1S/C39H45N3O5/c1-3-13-30(24-37(44)41-33(26-43)22-29-17-9-6-10-18-29)38(45)42-34(23-32-25-40-36-20-12-11-19-35(32)36)27-47-39(46)31(14-4-2)21-28-15-7-5-8-16-28/h3-12,15-20,25,30-31,33-34,40,43H,1-2,13-14,21-24,26-27H2,(H,41,44)(H,42,45)/t30-,31+,33+,34+/m1/s1. The average molecular weight is 636 g/mol. The SMILES string of the molecule is C=CC[C@H](CC(=O)N[C@H](CO)Cc1ccccc1)C(=O)N[C@H](COC(=O)[C@@H](CC=C)Cc1ccccc1)Cc1c[nH]c2ccccc12. The third-order valence-corrected chi connectivity index (χ3v) is 8.19. The van der Waals surface area contributed by atoms with Crippen molar-refractivity contribution in [1.29, 1.82) is 0 Å². The van der Waals surface area contributed by atoms with Crippen LogP contribution in [0.25, 0.3) is 10.9 Å². The molecule has 0 fully saturated rings. The second-order valence-corrected chi connectivity index (χ2v) is 11.9. The topological polar surface area (TPSA) is 121 Å². The van der Waals surface area contributed by atoms with Crippen LogP contribution in [0.4, 0.5) is 0 Å². The largest absolute Gasteiger partial charge is 0.463 e. The van der Waals surface area contributed by atoms with Crippen LogP contribution in [0, 0.1) is 11.8 Å². The summed E-state index contributed by atoms with van der Waals surface area (Å²) >= 11 is 0. The molecule has 4 aromatic rings. The molecule has 4 rings (SSSR count). The Morgan fingerprint density at radius 1 is 0.766 bits per heavy atom. The first-order valence-electron chi connectivity index (χ1n) is 16.1. The Bertz CT molecular complexity index is 1600. The van der Waals surface area contributed by atoms with Crippen LogP contribution in [-0.2, 0) is 38.4 Å². The number of hydrogen-bond acceptors (Lipinski definition) is 5. The molecule has 0 bridgehead atoms. The Labute approximate surface area is 276 Å². The lowest BCUT2D eigenvalue weighted by atomic mass is 9.96. The minimum absolute atomic E-state index is 0.0385. The lowest BCUT2D eigenvalue weighted by Gasteiger charge is -2.24. The van der Waals surface area contributed by atoms with Gasteiger partial charge in [0.05, 0.1) is 30.5 Å². The molecule has 4 N–H and O–H groups in total. The van der Waals surface area contributed by atoms with E-state index in [0.717, 1.165) is 27.6 Å². The normalized spacial score (nSPS) is 13.6. The van der Waals surface area contributed by atoms with E-state index in [1.165, 1.54) is 0 Å². The Morgan fingerprint density at radius 2 is 1.38 bits per heavy atom. The van der Waals surface area contributed by atoms with E-state index in [4.69, 9.17) is 4.74 Å². The predicted octanol–water partition coefficient (Wildman–Crippen LogP) is 5.48. The quantitative estimate of drug-likeness (QED) is 0.0804. The molecular weight excluding hydrogens is 590 g/mol. The van der Waals surface area contributed by atoms with Crippen LogP contribution in [0.1, 0.15) is 36.0 Å². The summed E-state index contributed by atoms with van der Waals surface area (Å²) in [7, 11) is 0. The fraction of sp³-hybridized carbons (Fsp3) is 0.308. The Balaban J connectivity index is 1.45. The monoisotopic (exact) mass is 635 g/mol. The van der Waals surface area contributed by atoms with Crippen LogP contribution < -0.4 is 10.6 Å². The van der Waals surface area contributed by atoms with Gasteiger partial charge in [0.15, 0.2) is 0 Å². The van der Waals surface area contributed by atoms with Crippen molar-refractivity contribution in [3.8, 4) is 0 Å². The molecule has 1 heterocycles. The van der Waals surface area contributed by atoms with Crippen molar-refractivity contribution in [1.82, 2.24) is 15.6 Å². The van der Waals surface area contributed by atoms with Crippen LogP contribution in [-0.4, -0.2) is 53.2 Å². The van der Waals surface area contributed by atoms with Crippen molar-refractivity contribution in [3.63, 3.8) is 0 Å². The van der Waals surface area contributed by atoms with Gasteiger partial charge in [0.2, 0.25) is 11.8 Å². The summed E-state index contributed by atoms with van der Waals surface area (Å²) in [6.45, 7) is 7.35. The number of esters is 1. The highest BCUT2D eigenvalue weighted by atomic mass is 16.5. The molecule has 0 unspecified atom stereocenters. The van der Waals surface area contributed by atoms with Gasteiger partial charge in [0.25, 0.3) is 0 Å². The van der Waals surface area contributed by atoms with Crippen LogP contribution >= 0.6 is 0 Å².